The summed E-state index contributed by atoms with van der Waals surface area (Å²) in [5.41, 5.74) is 2.76. The van der Waals surface area contributed by atoms with Gasteiger partial charge in [0.1, 0.15) is 0 Å². The van der Waals surface area contributed by atoms with Gasteiger partial charge in [-0.3, -0.25) is 4.55 Å². The van der Waals surface area contributed by atoms with E-state index in [4.69, 9.17) is 4.55 Å². The summed E-state index contributed by atoms with van der Waals surface area (Å²) in [5, 5.41) is 0. The fourth-order valence-corrected chi connectivity index (χ4v) is 2.76. The summed E-state index contributed by atoms with van der Waals surface area (Å²) in [6, 6.07) is 8.34. The maximum Gasteiger partial charge on any atom is 0.264 e. The van der Waals surface area contributed by atoms with E-state index in [9.17, 15) is 8.42 Å². The van der Waals surface area contributed by atoms with Crippen molar-refractivity contribution in [3.63, 3.8) is 0 Å². The van der Waals surface area contributed by atoms with Crippen molar-refractivity contribution in [2.24, 2.45) is 0 Å². The van der Waals surface area contributed by atoms with Gasteiger partial charge in [0.25, 0.3) is 10.1 Å². The highest BCUT2D eigenvalue weighted by atomic mass is 32.2. The molecule has 1 rings (SSSR count). The van der Waals surface area contributed by atoms with Crippen molar-refractivity contribution < 1.29 is 13.0 Å². The first-order valence-corrected chi connectivity index (χ1v) is 8.41. The van der Waals surface area contributed by atoms with Crippen molar-refractivity contribution in [2.45, 2.75) is 51.9 Å². The van der Waals surface area contributed by atoms with Gasteiger partial charge in [0, 0.05) is 0 Å². The van der Waals surface area contributed by atoms with Crippen LogP contribution in [0, 0.1) is 0 Å². The van der Waals surface area contributed by atoms with Crippen LogP contribution in [-0.4, -0.2) is 18.7 Å². The lowest BCUT2D eigenvalue weighted by atomic mass is 9.79. The molecule has 0 fully saturated rings. The van der Waals surface area contributed by atoms with Gasteiger partial charge in [0.15, 0.2) is 0 Å². The second-order valence-electron chi connectivity index (χ2n) is 5.64. The van der Waals surface area contributed by atoms with Crippen molar-refractivity contribution >= 4 is 10.1 Å². The van der Waals surface area contributed by atoms with Crippen molar-refractivity contribution in [3.8, 4) is 0 Å². The Bertz CT molecular complexity index is 504. The zero-order valence-corrected chi connectivity index (χ0v) is 12.8. The lowest BCUT2D eigenvalue weighted by Gasteiger charge is -2.26. The van der Waals surface area contributed by atoms with E-state index >= 15 is 0 Å². The molecule has 4 heteroatoms. The Kier molecular flexibility index (Phi) is 5.56. The number of aryl methyl sites for hydroxylation is 1. The van der Waals surface area contributed by atoms with E-state index < -0.39 is 10.1 Å². The Balaban J connectivity index is 2.69. The molecule has 0 unspecified atom stereocenters. The van der Waals surface area contributed by atoms with E-state index in [0.717, 1.165) is 19.3 Å². The quantitative estimate of drug-likeness (QED) is 0.615. The lowest BCUT2D eigenvalue weighted by molar-refractivity contribution is 0.479. The van der Waals surface area contributed by atoms with Crippen LogP contribution < -0.4 is 0 Å². The number of hydrogen-bond acceptors (Lipinski definition) is 2. The predicted molar refractivity (Wildman–Crippen MR) is 79.1 cm³/mol. The van der Waals surface area contributed by atoms with Crippen LogP contribution in [0.4, 0.5) is 0 Å². The molecule has 0 aliphatic carbocycles. The molecule has 0 saturated heterocycles. The Hall–Kier alpha value is -0.870. The van der Waals surface area contributed by atoms with Gasteiger partial charge < -0.3 is 0 Å². The predicted octanol–water partition coefficient (Wildman–Crippen LogP) is 3.58. The van der Waals surface area contributed by atoms with Gasteiger partial charge in [0.2, 0.25) is 0 Å². The molecular weight excluding hydrogens is 260 g/mol. The van der Waals surface area contributed by atoms with Crippen LogP contribution in [-0.2, 0) is 22.0 Å². The number of unbranched alkanes of at least 4 members (excludes halogenated alkanes) is 1. The molecule has 108 valence electrons. The van der Waals surface area contributed by atoms with Crippen LogP contribution in [0.3, 0.4) is 0 Å². The minimum absolute atomic E-state index is 0.139. The first-order valence-electron chi connectivity index (χ1n) is 6.80. The van der Waals surface area contributed by atoms with Crippen LogP contribution in [0.1, 0.15) is 51.2 Å². The molecule has 0 bridgehead atoms. The summed E-state index contributed by atoms with van der Waals surface area (Å²) in [7, 11) is -3.82. The summed E-state index contributed by atoms with van der Waals surface area (Å²) in [4.78, 5) is 0. The number of rotatable bonds is 7. The molecule has 3 nitrogen and oxygen atoms in total. The third-order valence-electron chi connectivity index (χ3n) is 3.73. The molecule has 19 heavy (non-hydrogen) atoms. The van der Waals surface area contributed by atoms with Gasteiger partial charge in [0.05, 0.1) is 5.75 Å². The highest BCUT2D eigenvalue weighted by Gasteiger charge is 2.20. The third-order valence-corrected chi connectivity index (χ3v) is 4.53. The fourth-order valence-electron chi connectivity index (χ4n) is 2.19. The molecule has 0 spiro atoms. The Labute approximate surface area is 116 Å². The first-order chi connectivity index (χ1) is 8.76. The molecule has 0 heterocycles. The molecule has 1 aromatic rings. The van der Waals surface area contributed by atoms with Gasteiger partial charge in [-0.2, -0.15) is 8.42 Å². The second-order valence-corrected chi connectivity index (χ2v) is 7.21. The van der Waals surface area contributed by atoms with Gasteiger partial charge >= 0.3 is 0 Å². The first kappa shape index (κ1) is 16.2. The average Bonchev–Trinajstić information content (AvgIpc) is 2.34. The van der Waals surface area contributed by atoms with Gasteiger partial charge in [-0.05, 0) is 42.2 Å². The van der Waals surface area contributed by atoms with Crippen LogP contribution in [0.25, 0.3) is 0 Å². The molecule has 0 aromatic heterocycles. The maximum atomic E-state index is 10.7. The highest BCUT2D eigenvalue weighted by Crippen LogP contribution is 2.30. The van der Waals surface area contributed by atoms with E-state index in [0.29, 0.717) is 6.42 Å². The molecule has 1 N–H and O–H groups in total. The van der Waals surface area contributed by atoms with Gasteiger partial charge in [-0.1, -0.05) is 45.0 Å². The topological polar surface area (TPSA) is 54.4 Å². The van der Waals surface area contributed by atoms with Gasteiger partial charge in [-0.15, -0.1) is 0 Å². The molecule has 0 radical (unpaired) electrons. The van der Waals surface area contributed by atoms with E-state index in [1.807, 2.05) is 6.07 Å². The largest absolute Gasteiger partial charge is 0.286 e. The molecule has 0 amide bonds. The number of hydrogen-bond donors (Lipinski definition) is 1. The minimum Gasteiger partial charge on any atom is -0.286 e. The molecule has 1 aromatic carbocycles. The molecule has 0 aliphatic heterocycles. The van der Waals surface area contributed by atoms with Crippen LogP contribution in [0.5, 0.6) is 0 Å². The zero-order valence-electron chi connectivity index (χ0n) is 12.0. The van der Waals surface area contributed by atoms with Crippen molar-refractivity contribution in [2.75, 3.05) is 5.75 Å². The minimum atomic E-state index is -3.82. The molecular formula is C15H24O3S. The molecule has 0 saturated carbocycles. The standard InChI is InChI=1S/C15H24O3S/c1-4-15(2,3)14-11-6-5-9-13(14)10-7-8-12-19(16,17)18/h5-6,9,11H,4,7-8,10,12H2,1-3H3,(H,16,17,18). The van der Waals surface area contributed by atoms with Crippen LogP contribution >= 0.6 is 0 Å². The van der Waals surface area contributed by atoms with Crippen molar-refractivity contribution in [3.05, 3.63) is 35.4 Å². The zero-order chi connectivity index (χ0) is 14.5. The van der Waals surface area contributed by atoms with Crippen LogP contribution in [0.2, 0.25) is 0 Å². The monoisotopic (exact) mass is 284 g/mol. The third kappa shape index (κ3) is 5.33. The summed E-state index contributed by atoms with van der Waals surface area (Å²) < 4.78 is 30.1. The summed E-state index contributed by atoms with van der Waals surface area (Å²) in [5.74, 6) is -0.146. The highest BCUT2D eigenvalue weighted by molar-refractivity contribution is 7.85. The van der Waals surface area contributed by atoms with Crippen molar-refractivity contribution in [1.82, 2.24) is 0 Å². The maximum absolute atomic E-state index is 10.7. The molecule has 0 aliphatic rings. The second kappa shape index (κ2) is 6.53. The normalized spacial score (nSPS) is 12.6. The van der Waals surface area contributed by atoms with E-state index in [-0.39, 0.29) is 11.2 Å². The Morgan fingerprint density at radius 2 is 1.79 bits per heavy atom. The smallest absolute Gasteiger partial charge is 0.264 e. The van der Waals surface area contributed by atoms with E-state index in [1.54, 1.807) is 0 Å². The fraction of sp³-hybridized carbons (Fsp3) is 0.600. The van der Waals surface area contributed by atoms with Crippen LogP contribution in [0.15, 0.2) is 24.3 Å². The Morgan fingerprint density at radius 1 is 1.16 bits per heavy atom. The Morgan fingerprint density at radius 3 is 2.37 bits per heavy atom. The van der Waals surface area contributed by atoms with Gasteiger partial charge in [-0.25, -0.2) is 0 Å². The average molecular weight is 284 g/mol. The molecule has 0 atom stereocenters. The SMILES string of the molecule is CCC(C)(C)c1ccccc1CCCCS(=O)(=O)O. The summed E-state index contributed by atoms with van der Waals surface area (Å²) in [6.07, 6.45) is 3.19. The summed E-state index contributed by atoms with van der Waals surface area (Å²) >= 11 is 0. The van der Waals surface area contributed by atoms with E-state index in [1.165, 1.54) is 11.1 Å². The lowest BCUT2D eigenvalue weighted by Crippen LogP contribution is -2.18. The van der Waals surface area contributed by atoms with Crippen molar-refractivity contribution in [1.29, 1.82) is 0 Å². The number of benzene rings is 1. The summed E-state index contributed by atoms with van der Waals surface area (Å²) in [6.45, 7) is 6.63. The van der Waals surface area contributed by atoms with E-state index in [2.05, 4.69) is 39.0 Å².